The maximum Gasteiger partial charge on any atom is 0.257 e. The summed E-state index contributed by atoms with van der Waals surface area (Å²) < 4.78 is 22.4. The van der Waals surface area contributed by atoms with Gasteiger partial charge in [0.05, 0.1) is 11.7 Å². The van der Waals surface area contributed by atoms with Crippen molar-refractivity contribution < 1.29 is 28.5 Å². The maximum absolute atomic E-state index is 12.9. The molecule has 1 N–H and O–H groups in total. The van der Waals surface area contributed by atoms with Crippen LogP contribution >= 0.6 is 0 Å². The zero-order valence-corrected chi connectivity index (χ0v) is 16.6. The van der Waals surface area contributed by atoms with Crippen LogP contribution in [0, 0.1) is 25.7 Å². The van der Waals surface area contributed by atoms with Gasteiger partial charge in [0.15, 0.2) is 11.5 Å². The van der Waals surface area contributed by atoms with Crippen LogP contribution in [0.5, 0.6) is 17.2 Å². The van der Waals surface area contributed by atoms with Gasteiger partial charge in [-0.25, -0.2) is 0 Å². The van der Waals surface area contributed by atoms with Crippen molar-refractivity contribution >= 4 is 5.91 Å². The van der Waals surface area contributed by atoms with Gasteiger partial charge in [-0.3, -0.25) is 4.79 Å². The van der Waals surface area contributed by atoms with Crippen molar-refractivity contribution in [2.75, 3.05) is 19.9 Å². The number of aryl methyl sites for hydroxylation is 2. The lowest BCUT2D eigenvalue weighted by molar-refractivity contribution is -0.0232. The second kappa shape index (κ2) is 6.99. The van der Waals surface area contributed by atoms with Crippen LogP contribution in [0.25, 0.3) is 0 Å². The molecule has 1 aromatic heterocycles. The molecule has 1 saturated carbocycles. The highest BCUT2D eigenvalue weighted by Crippen LogP contribution is 2.40. The van der Waals surface area contributed by atoms with E-state index in [0.717, 1.165) is 5.76 Å². The van der Waals surface area contributed by atoms with Crippen LogP contribution in [0.4, 0.5) is 0 Å². The lowest BCUT2D eigenvalue weighted by atomic mass is 9.78. The first-order valence-electron chi connectivity index (χ1n) is 10.1. The van der Waals surface area contributed by atoms with Gasteiger partial charge >= 0.3 is 0 Å². The fourth-order valence-corrected chi connectivity index (χ4v) is 4.82. The van der Waals surface area contributed by atoms with Crippen molar-refractivity contribution in [2.24, 2.45) is 11.8 Å². The summed E-state index contributed by atoms with van der Waals surface area (Å²) in [6, 6.07) is 7.26. The van der Waals surface area contributed by atoms with E-state index in [4.69, 9.17) is 18.6 Å². The lowest BCUT2D eigenvalue weighted by Gasteiger charge is -2.35. The maximum atomic E-state index is 12.9. The fourth-order valence-electron chi connectivity index (χ4n) is 4.82. The lowest BCUT2D eigenvalue weighted by Crippen LogP contribution is -2.42. The quantitative estimate of drug-likeness (QED) is 0.855. The summed E-state index contributed by atoms with van der Waals surface area (Å²) in [4.78, 5) is 14.8. The van der Waals surface area contributed by atoms with Crippen molar-refractivity contribution in [3.8, 4) is 17.2 Å². The van der Waals surface area contributed by atoms with Gasteiger partial charge in [-0.05, 0) is 56.7 Å². The summed E-state index contributed by atoms with van der Waals surface area (Å²) in [5.74, 6) is 4.05. The summed E-state index contributed by atoms with van der Waals surface area (Å²) in [7, 11) is 0. The molecule has 2 aliphatic heterocycles. The van der Waals surface area contributed by atoms with Gasteiger partial charge in [0, 0.05) is 19.2 Å². The van der Waals surface area contributed by atoms with Crippen LogP contribution < -0.4 is 14.2 Å². The largest absolute Gasteiger partial charge is 0.488 e. The Hall–Kier alpha value is -2.67. The Morgan fingerprint density at radius 2 is 1.86 bits per heavy atom. The van der Waals surface area contributed by atoms with Gasteiger partial charge in [-0.15, -0.1) is 0 Å². The summed E-state index contributed by atoms with van der Waals surface area (Å²) in [6.07, 6.45) is 0.486. The van der Waals surface area contributed by atoms with Crippen molar-refractivity contribution in [1.82, 2.24) is 4.90 Å². The molecule has 2 aromatic rings. The van der Waals surface area contributed by atoms with Gasteiger partial charge < -0.3 is 28.6 Å². The minimum atomic E-state index is -0.561. The molecule has 1 aliphatic carbocycles. The molecule has 29 heavy (non-hydrogen) atoms. The first-order chi connectivity index (χ1) is 14.0. The molecule has 3 heterocycles. The first kappa shape index (κ1) is 18.4. The Kier molecular flexibility index (Phi) is 4.42. The number of carbonyl (C=O) groups is 1. The zero-order valence-electron chi connectivity index (χ0n) is 16.6. The normalized spacial score (nSPS) is 27.8. The molecule has 7 nitrogen and oxygen atoms in total. The summed E-state index contributed by atoms with van der Waals surface area (Å²) >= 11 is 0. The average Bonchev–Trinajstić information content (AvgIpc) is 3.39. The molecule has 7 heteroatoms. The van der Waals surface area contributed by atoms with Crippen LogP contribution in [0.2, 0.25) is 0 Å². The van der Waals surface area contributed by atoms with E-state index in [1.807, 2.05) is 30.9 Å². The minimum absolute atomic E-state index is 0.0106. The number of nitrogens with zero attached hydrogens (tertiary/aromatic N) is 1. The molecule has 1 aromatic carbocycles. The Labute approximate surface area is 169 Å². The number of likely N-dealkylation sites (tertiary alicyclic amines) is 1. The SMILES string of the molecule is Cc1cc(C(=O)N2C[C@H]3C[C@@H](Oc4ccc5c(c4)OCO5)[C@H](O)C[C@H]3C2)c(C)o1. The molecule has 1 saturated heterocycles. The number of aliphatic hydroxyl groups is 1. The Morgan fingerprint density at radius 1 is 1.10 bits per heavy atom. The van der Waals surface area contributed by atoms with Gasteiger partial charge in [0.25, 0.3) is 5.91 Å². The van der Waals surface area contributed by atoms with E-state index < -0.39 is 6.10 Å². The van der Waals surface area contributed by atoms with Crippen molar-refractivity contribution in [3.63, 3.8) is 0 Å². The fraction of sp³-hybridized carbons (Fsp3) is 0.500. The third kappa shape index (κ3) is 3.33. The van der Waals surface area contributed by atoms with Crippen LogP contribution in [-0.4, -0.2) is 48.0 Å². The van der Waals surface area contributed by atoms with E-state index >= 15 is 0 Å². The molecule has 0 radical (unpaired) electrons. The van der Waals surface area contributed by atoms with Crippen molar-refractivity contribution in [1.29, 1.82) is 0 Å². The predicted octanol–water partition coefficient (Wildman–Crippen LogP) is 2.92. The van der Waals surface area contributed by atoms with E-state index in [0.29, 0.717) is 66.3 Å². The zero-order chi connectivity index (χ0) is 20.1. The van der Waals surface area contributed by atoms with E-state index in [9.17, 15) is 9.90 Å². The number of carbonyl (C=O) groups excluding carboxylic acids is 1. The topological polar surface area (TPSA) is 81.4 Å². The summed E-state index contributed by atoms with van der Waals surface area (Å²) in [5, 5.41) is 10.7. The standard InChI is InChI=1S/C22H25NO6/c1-12-5-17(13(2)28-12)22(25)23-9-14-6-18(24)20(7-15(14)10-23)29-16-3-4-19-21(8-16)27-11-26-19/h3-5,8,14-15,18,20,24H,6-7,9-11H2,1-2H3/t14-,15+,18+,20+/m0/s1. The van der Waals surface area contributed by atoms with E-state index in [1.165, 1.54) is 0 Å². The van der Waals surface area contributed by atoms with Gasteiger partial charge in [0.2, 0.25) is 6.79 Å². The number of ether oxygens (including phenoxy) is 3. The summed E-state index contributed by atoms with van der Waals surface area (Å²) in [5.41, 5.74) is 0.634. The average molecular weight is 399 g/mol. The monoisotopic (exact) mass is 399 g/mol. The van der Waals surface area contributed by atoms with Crippen LogP contribution in [0.1, 0.15) is 34.7 Å². The molecule has 1 amide bonds. The summed E-state index contributed by atoms with van der Waals surface area (Å²) in [6.45, 7) is 5.24. The molecule has 154 valence electrons. The van der Waals surface area contributed by atoms with Crippen molar-refractivity contribution in [2.45, 2.75) is 38.9 Å². The Balaban J connectivity index is 1.26. The minimum Gasteiger partial charge on any atom is -0.488 e. The first-order valence-corrected chi connectivity index (χ1v) is 10.1. The Morgan fingerprint density at radius 3 is 2.62 bits per heavy atom. The smallest absolute Gasteiger partial charge is 0.257 e. The third-order valence-corrected chi connectivity index (χ3v) is 6.28. The van der Waals surface area contributed by atoms with E-state index in [1.54, 1.807) is 12.1 Å². The molecule has 0 unspecified atom stereocenters. The number of hydrogen-bond acceptors (Lipinski definition) is 6. The molecular weight excluding hydrogens is 374 g/mol. The second-order valence-corrected chi connectivity index (χ2v) is 8.27. The molecule has 3 aliphatic rings. The van der Waals surface area contributed by atoms with Crippen LogP contribution in [0.15, 0.2) is 28.7 Å². The number of benzene rings is 1. The molecular formula is C22H25NO6. The van der Waals surface area contributed by atoms with E-state index in [-0.39, 0.29) is 18.8 Å². The third-order valence-electron chi connectivity index (χ3n) is 6.28. The number of hydrogen-bond donors (Lipinski definition) is 1. The van der Waals surface area contributed by atoms with Gasteiger partial charge in [0.1, 0.15) is 23.4 Å². The second-order valence-electron chi connectivity index (χ2n) is 8.27. The Bertz CT molecular complexity index is 937. The molecule has 4 atom stereocenters. The molecule has 2 fully saturated rings. The van der Waals surface area contributed by atoms with Gasteiger partial charge in [-0.1, -0.05) is 0 Å². The van der Waals surface area contributed by atoms with Crippen LogP contribution in [0.3, 0.4) is 0 Å². The van der Waals surface area contributed by atoms with Crippen molar-refractivity contribution in [3.05, 3.63) is 41.3 Å². The number of rotatable bonds is 3. The van der Waals surface area contributed by atoms with Crippen LogP contribution in [-0.2, 0) is 0 Å². The highest BCUT2D eigenvalue weighted by molar-refractivity contribution is 5.95. The predicted molar refractivity (Wildman–Crippen MR) is 103 cm³/mol. The van der Waals surface area contributed by atoms with E-state index in [2.05, 4.69) is 0 Å². The molecule has 5 rings (SSSR count). The van der Waals surface area contributed by atoms with Gasteiger partial charge in [-0.2, -0.15) is 0 Å². The number of furan rings is 1. The molecule has 0 spiro atoms. The number of fused-ring (bicyclic) bond motifs is 2. The molecule has 0 bridgehead atoms. The number of aliphatic hydroxyl groups excluding tert-OH is 1. The number of amides is 1. The highest BCUT2D eigenvalue weighted by atomic mass is 16.7. The highest BCUT2D eigenvalue weighted by Gasteiger charge is 2.44.